The van der Waals surface area contributed by atoms with E-state index >= 15 is 0 Å². The van der Waals surface area contributed by atoms with Gasteiger partial charge in [-0.15, -0.1) is 0 Å². The molecule has 2 unspecified atom stereocenters. The van der Waals surface area contributed by atoms with Gasteiger partial charge in [0.1, 0.15) is 12.6 Å². The number of ether oxygens (including phenoxy) is 2. The Balaban J connectivity index is 1.19. The van der Waals surface area contributed by atoms with E-state index in [-0.39, 0.29) is 0 Å². The third-order valence-electron chi connectivity index (χ3n) is 9.07. The molecule has 0 aromatic heterocycles. The normalized spacial score (nSPS) is 37.7. The Morgan fingerprint density at radius 2 is 1.31 bits per heavy atom. The molecule has 2 atom stereocenters. The Morgan fingerprint density at radius 3 is 1.79 bits per heavy atom. The summed E-state index contributed by atoms with van der Waals surface area (Å²) in [7, 11) is 0. The summed E-state index contributed by atoms with van der Waals surface area (Å²) in [5.74, 6) is 2.00. The van der Waals surface area contributed by atoms with Crippen LogP contribution in [0.5, 0.6) is 0 Å². The molecule has 0 spiro atoms. The molecule has 0 N–H and O–H groups in total. The topological polar surface area (TPSA) is 28.3 Å². The molecular weight excluding hydrogens is 360 g/mol. The van der Waals surface area contributed by atoms with Crippen LogP contribution < -0.4 is 0 Å². The van der Waals surface area contributed by atoms with Crippen LogP contribution >= 0.6 is 0 Å². The Morgan fingerprint density at radius 1 is 0.759 bits per heavy atom. The van der Waals surface area contributed by atoms with Crippen molar-refractivity contribution in [3.8, 4) is 0 Å². The maximum atomic E-state index is 5.61. The van der Waals surface area contributed by atoms with Crippen LogP contribution in [-0.2, 0) is 9.47 Å². The number of nitrogens with zero attached hydrogens (tertiary/aromatic N) is 2. The van der Waals surface area contributed by atoms with Gasteiger partial charge in [0.2, 0.25) is 0 Å². The highest BCUT2D eigenvalue weighted by atomic mass is 16.6. The first-order chi connectivity index (χ1) is 14.2. The summed E-state index contributed by atoms with van der Waals surface area (Å²) in [5.41, 5.74) is 0. The average Bonchev–Trinajstić information content (AvgIpc) is 3.68. The molecule has 0 amide bonds. The molecule has 4 aliphatic rings. The van der Waals surface area contributed by atoms with Crippen molar-refractivity contribution in [2.24, 2.45) is 11.8 Å². The maximum absolute atomic E-state index is 5.61. The van der Waals surface area contributed by atoms with Gasteiger partial charge in [-0.3, -0.25) is 4.90 Å². The van der Waals surface area contributed by atoms with Gasteiger partial charge in [0.25, 0.3) is 0 Å². The van der Waals surface area contributed by atoms with Gasteiger partial charge < -0.3 is 14.0 Å². The summed E-state index contributed by atoms with van der Waals surface area (Å²) in [6, 6.07) is 1.72. The highest BCUT2D eigenvalue weighted by Gasteiger charge is 2.42. The fourth-order valence-corrected chi connectivity index (χ4v) is 6.84. The van der Waals surface area contributed by atoms with Crippen molar-refractivity contribution < 1.29 is 14.0 Å². The Hall–Kier alpha value is -0.160. The molecule has 2 heterocycles. The minimum absolute atomic E-state index is 0.547. The summed E-state index contributed by atoms with van der Waals surface area (Å²) >= 11 is 0. The lowest BCUT2D eigenvalue weighted by Crippen LogP contribution is -2.58. The SMILES string of the molecule is CCN(CC1CO1)C1CCC(CC2CCC([N+](CC)(CC)CC3CO3)CC2)CC1. The lowest BCUT2D eigenvalue weighted by molar-refractivity contribution is -0.950. The summed E-state index contributed by atoms with van der Waals surface area (Å²) in [6.07, 6.45) is 14.3. The second-order valence-electron chi connectivity index (χ2n) is 10.6. The monoisotopic (exact) mass is 407 g/mol. The molecule has 168 valence electrons. The van der Waals surface area contributed by atoms with E-state index in [0.717, 1.165) is 37.1 Å². The summed E-state index contributed by atoms with van der Waals surface area (Å²) in [5, 5.41) is 0. The molecule has 2 aliphatic heterocycles. The zero-order valence-electron chi connectivity index (χ0n) is 19.5. The third-order valence-corrected chi connectivity index (χ3v) is 9.07. The number of hydrogen-bond acceptors (Lipinski definition) is 3. The summed E-state index contributed by atoms with van der Waals surface area (Å²) in [6.45, 7) is 15.4. The van der Waals surface area contributed by atoms with Gasteiger partial charge in [-0.25, -0.2) is 0 Å². The van der Waals surface area contributed by atoms with E-state index in [1.165, 1.54) is 95.0 Å². The standard InChI is InChI=1S/C25H47N2O2/c1-4-26(16-24-18-28-24)22-11-7-20(8-12-22)15-21-9-13-23(14-10-21)27(5-2,6-3)17-25-19-29-25/h20-25H,4-19H2,1-3H3/q+1. The number of quaternary nitrogens is 1. The highest BCUT2D eigenvalue weighted by molar-refractivity contribution is 4.85. The predicted molar refractivity (Wildman–Crippen MR) is 119 cm³/mol. The maximum Gasteiger partial charge on any atom is 0.130 e. The molecule has 4 rings (SSSR count). The van der Waals surface area contributed by atoms with E-state index in [9.17, 15) is 0 Å². The minimum Gasteiger partial charge on any atom is -0.372 e. The van der Waals surface area contributed by atoms with Crippen molar-refractivity contribution in [3.05, 3.63) is 0 Å². The molecule has 2 saturated carbocycles. The van der Waals surface area contributed by atoms with Crippen LogP contribution in [0.25, 0.3) is 0 Å². The number of epoxide rings is 2. The molecule has 29 heavy (non-hydrogen) atoms. The average molecular weight is 408 g/mol. The second kappa shape index (κ2) is 9.97. The summed E-state index contributed by atoms with van der Waals surface area (Å²) in [4.78, 5) is 2.70. The molecular formula is C25H47N2O2+. The van der Waals surface area contributed by atoms with Gasteiger partial charge in [-0.2, -0.15) is 0 Å². The van der Waals surface area contributed by atoms with E-state index in [4.69, 9.17) is 9.47 Å². The van der Waals surface area contributed by atoms with Crippen LogP contribution in [0.15, 0.2) is 0 Å². The Kier molecular flexibility index (Phi) is 7.58. The molecule has 0 aromatic rings. The third kappa shape index (κ3) is 5.75. The van der Waals surface area contributed by atoms with Crippen molar-refractivity contribution in [3.63, 3.8) is 0 Å². The van der Waals surface area contributed by atoms with Crippen LogP contribution in [0.4, 0.5) is 0 Å². The Bertz CT molecular complexity index is 485. The van der Waals surface area contributed by atoms with Crippen LogP contribution in [-0.4, -0.2) is 79.6 Å². The van der Waals surface area contributed by atoms with Gasteiger partial charge in [-0.1, -0.05) is 6.92 Å². The number of likely N-dealkylation sites (N-methyl/N-ethyl adjacent to an activating group) is 2. The quantitative estimate of drug-likeness (QED) is 0.374. The molecule has 4 nitrogen and oxygen atoms in total. The smallest absolute Gasteiger partial charge is 0.130 e. The van der Waals surface area contributed by atoms with Gasteiger partial charge in [-0.05, 0) is 90.0 Å². The number of hydrogen-bond donors (Lipinski definition) is 0. The van der Waals surface area contributed by atoms with E-state index < -0.39 is 0 Å². The fraction of sp³-hybridized carbons (Fsp3) is 1.00. The Labute approximate surface area is 179 Å². The first-order valence-electron chi connectivity index (χ1n) is 13.0. The lowest BCUT2D eigenvalue weighted by Gasteiger charge is -2.46. The van der Waals surface area contributed by atoms with Gasteiger partial charge in [0, 0.05) is 12.6 Å². The first-order valence-corrected chi connectivity index (χ1v) is 13.0. The molecule has 4 heteroatoms. The van der Waals surface area contributed by atoms with Crippen LogP contribution in [0.2, 0.25) is 0 Å². The molecule has 0 radical (unpaired) electrons. The van der Waals surface area contributed by atoms with Crippen molar-refractivity contribution in [2.45, 2.75) is 103 Å². The minimum atomic E-state index is 0.547. The van der Waals surface area contributed by atoms with Crippen LogP contribution in [0.1, 0.15) is 78.6 Å². The molecule has 4 fully saturated rings. The van der Waals surface area contributed by atoms with Crippen molar-refractivity contribution in [1.82, 2.24) is 4.90 Å². The van der Waals surface area contributed by atoms with Crippen LogP contribution in [0, 0.1) is 11.8 Å². The van der Waals surface area contributed by atoms with Gasteiger partial charge in [0.15, 0.2) is 0 Å². The van der Waals surface area contributed by atoms with E-state index in [1.807, 2.05) is 0 Å². The summed E-state index contributed by atoms with van der Waals surface area (Å²) < 4.78 is 12.4. The zero-order valence-corrected chi connectivity index (χ0v) is 19.5. The fourth-order valence-electron chi connectivity index (χ4n) is 6.84. The predicted octanol–water partition coefficient (Wildman–Crippen LogP) is 4.47. The van der Waals surface area contributed by atoms with Gasteiger partial charge >= 0.3 is 0 Å². The largest absolute Gasteiger partial charge is 0.372 e. The molecule has 0 aromatic carbocycles. The number of rotatable bonds is 11. The second-order valence-corrected chi connectivity index (χ2v) is 10.6. The lowest BCUT2D eigenvalue weighted by atomic mass is 9.75. The zero-order chi connectivity index (χ0) is 20.3. The highest BCUT2D eigenvalue weighted by Crippen LogP contribution is 2.39. The van der Waals surface area contributed by atoms with Crippen molar-refractivity contribution >= 4 is 0 Å². The van der Waals surface area contributed by atoms with Crippen LogP contribution in [0.3, 0.4) is 0 Å². The molecule has 0 bridgehead atoms. The van der Waals surface area contributed by atoms with Crippen molar-refractivity contribution in [1.29, 1.82) is 0 Å². The van der Waals surface area contributed by atoms with Crippen molar-refractivity contribution in [2.75, 3.05) is 45.9 Å². The first kappa shape index (κ1) is 22.0. The molecule has 2 aliphatic carbocycles. The van der Waals surface area contributed by atoms with E-state index in [2.05, 4.69) is 25.7 Å². The molecule has 2 saturated heterocycles. The van der Waals surface area contributed by atoms with Gasteiger partial charge in [0.05, 0.1) is 38.4 Å². The van der Waals surface area contributed by atoms with E-state index in [0.29, 0.717) is 12.2 Å². The van der Waals surface area contributed by atoms with E-state index in [1.54, 1.807) is 0 Å².